The van der Waals surface area contributed by atoms with E-state index in [1.807, 2.05) is 20.8 Å². The number of fused-ring (bicyclic) bond motifs is 1. The first kappa shape index (κ1) is 17.9. The number of halogens is 1. The quantitative estimate of drug-likeness (QED) is 0.877. The van der Waals surface area contributed by atoms with Crippen LogP contribution in [0.15, 0.2) is 18.2 Å². The Hall–Kier alpha value is -1.47. The maximum absolute atomic E-state index is 12.4. The molecule has 1 atom stereocenters. The van der Waals surface area contributed by atoms with E-state index >= 15 is 0 Å². The van der Waals surface area contributed by atoms with Crippen LogP contribution >= 0.6 is 11.6 Å². The Bertz CT molecular complexity index is 713. The van der Waals surface area contributed by atoms with E-state index in [0.717, 1.165) is 6.26 Å². The van der Waals surface area contributed by atoms with Gasteiger partial charge in [-0.25, -0.2) is 8.42 Å². The van der Waals surface area contributed by atoms with Gasteiger partial charge in [-0.3, -0.25) is 9.10 Å². The Labute approximate surface area is 141 Å². The number of sulfonamides is 1. The average molecular weight is 361 g/mol. The molecule has 2 rings (SSSR count). The fourth-order valence-corrected chi connectivity index (χ4v) is 3.43. The van der Waals surface area contributed by atoms with Gasteiger partial charge in [0, 0.05) is 23.5 Å². The number of hydrogen-bond donors (Lipinski definition) is 1. The van der Waals surface area contributed by atoms with Crippen LogP contribution in [0.4, 0.5) is 5.69 Å². The van der Waals surface area contributed by atoms with Crippen molar-refractivity contribution in [1.29, 1.82) is 0 Å². The van der Waals surface area contributed by atoms with Crippen LogP contribution in [0.1, 0.15) is 27.2 Å². The zero-order valence-electron chi connectivity index (χ0n) is 13.6. The van der Waals surface area contributed by atoms with Crippen molar-refractivity contribution in [3.05, 3.63) is 23.2 Å². The average Bonchev–Trinajstić information content (AvgIpc) is 2.55. The molecule has 1 heterocycles. The van der Waals surface area contributed by atoms with Gasteiger partial charge in [0.2, 0.25) is 10.0 Å². The van der Waals surface area contributed by atoms with Crippen LogP contribution in [0.3, 0.4) is 0 Å². The summed E-state index contributed by atoms with van der Waals surface area (Å²) in [4.78, 5) is 12.4. The van der Waals surface area contributed by atoms with E-state index in [-0.39, 0.29) is 18.9 Å². The molecule has 1 aliphatic heterocycles. The highest BCUT2D eigenvalue weighted by Crippen LogP contribution is 2.36. The molecule has 0 aliphatic carbocycles. The van der Waals surface area contributed by atoms with Crippen molar-refractivity contribution in [2.75, 3.05) is 17.1 Å². The largest absolute Gasteiger partial charge is 0.478 e. The van der Waals surface area contributed by atoms with Crippen LogP contribution in [0, 0.1) is 0 Å². The highest BCUT2D eigenvalue weighted by Gasteiger charge is 2.32. The van der Waals surface area contributed by atoms with Crippen molar-refractivity contribution >= 4 is 33.2 Å². The minimum Gasteiger partial charge on any atom is -0.478 e. The van der Waals surface area contributed by atoms with Crippen molar-refractivity contribution in [2.24, 2.45) is 0 Å². The number of nitrogens with zero attached hydrogens (tertiary/aromatic N) is 1. The Morgan fingerprint density at radius 3 is 2.61 bits per heavy atom. The lowest BCUT2D eigenvalue weighted by Gasteiger charge is -2.24. The standard InChI is InChI=1S/C15H21ClN2O4S/c1-15(2,3)17-14(19)13-7-8-18(23(4,20)21)11-9-10(16)5-6-12(11)22-13/h5-6,9,13H,7-8H2,1-4H3,(H,17,19). The van der Waals surface area contributed by atoms with E-state index in [2.05, 4.69) is 5.32 Å². The first-order valence-electron chi connectivity index (χ1n) is 7.23. The number of rotatable bonds is 2. The van der Waals surface area contributed by atoms with Crippen molar-refractivity contribution in [2.45, 2.75) is 38.8 Å². The molecule has 6 nitrogen and oxygen atoms in total. The number of anilines is 1. The molecule has 0 saturated heterocycles. The van der Waals surface area contributed by atoms with Gasteiger partial charge in [-0.2, -0.15) is 0 Å². The number of amides is 1. The first-order chi connectivity index (χ1) is 10.5. The van der Waals surface area contributed by atoms with E-state index in [0.29, 0.717) is 16.5 Å². The monoisotopic (exact) mass is 360 g/mol. The fourth-order valence-electron chi connectivity index (χ4n) is 2.33. The predicted octanol–water partition coefficient (Wildman–Crippen LogP) is 2.17. The van der Waals surface area contributed by atoms with Crippen molar-refractivity contribution in [3.8, 4) is 5.75 Å². The molecule has 1 aliphatic rings. The second-order valence-corrected chi connectivity index (χ2v) is 8.92. The van der Waals surface area contributed by atoms with Crippen molar-refractivity contribution in [3.63, 3.8) is 0 Å². The van der Waals surface area contributed by atoms with E-state index < -0.39 is 21.7 Å². The maximum atomic E-state index is 12.4. The third-order valence-corrected chi connectivity index (χ3v) is 4.66. The van der Waals surface area contributed by atoms with E-state index in [1.54, 1.807) is 12.1 Å². The molecule has 8 heteroatoms. The van der Waals surface area contributed by atoms with Gasteiger partial charge in [-0.05, 0) is 39.0 Å². The van der Waals surface area contributed by atoms with Crippen LogP contribution < -0.4 is 14.4 Å². The second kappa shape index (κ2) is 6.20. The van der Waals surface area contributed by atoms with Crippen LogP contribution in [0.2, 0.25) is 5.02 Å². The minimum atomic E-state index is -3.50. The SMILES string of the molecule is CC(C)(C)NC(=O)C1CCN(S(C)(=O)=O)c2cc(Cl)ccc2O1. The lowest BCUT2D eigenvalue weighted by atomic mass is 10.1. The lowest BCUT2D eigenvalue weighted by Crippen LogP contribution is -2.48. The number of ether oxygens (including phenoxy) is 1. The first-order valence-corrected chi connectivity index (χ1v) is 9.46. The van der Waals surface area contributed by atoms with E-state index in [4.69, 9.17) is 16.3 Å². The summed E-state index contributed by atoms with van der Waals surface area (Å²) < 4.78 is 31.1. The van der Waals surface area contributed by atoms with Gasteiger partial charge in [-0.15, -0.1) is 0 Å². The zero-order chi connectivity index (χ0) is 17.4. The maximum Gasteiger partial charge on any atom is 0.261 e. The molecule has 0 bridgehead atoms. The molecule has 0 spiro atoms. The van der Waals surface area contributed by atoms with Gasteiger partial charge >= 0.3 is 0 Å². The summed E-state index contributed by atoms with van der Waals surface area (Å²) in [6, 6.07) is 4.71. The summed E-state index contributed by atoms with van der Waals surface area (Å²) in [6.07, 6.45) is 0.607. The number of hydrogen-bond acceptors (Lipinski definition) is 4. The van der Waals surface area contributed by atoms with Crippen LogP contribution in [-0.2, 0) is 14.8 Å². The van der Waals surface area contributed by atoms with E-state index in [9.17, 15) is 13.2 Å². The molecule has 128 valence electrons. The summed E-state index contributed by atoms with van der Waals surface area (Å²) in [6.45, 7) is 5.77. The topological polar surface area (TPSA) is 75.7 Å². The fraction of sp³-hybridized carbons (Fsp3) is 0.533. The summed E-state index contributed by atoms with van der Waals surface area (Å²) in [7, 11) is -3.50. The van der Waals surface area contributed by atoms with Crippen LogP contribution in [0.5, 0.6) is 5.75 Å². The van der Waals surface area contributed by atoms with Gasteiger partial charge in [0.1, 0.15) is 5.75 Å². The minimum absolute atomic E-state index is 0.147. The van der Waals surface area contributed by atoms with Gasteiger partial charge in [0.15, 0.2) is 6.10 Å². The van der Waals surface area contributed by atoms with Gasteiger partial charge < -0.3 is 10.1 Å². The summed E-state index contributed by atoms with van der Waals surface area (Å²) in [5.74, 6) is 0.0557. The number of carbonyl (C=O) groups excluding carboxylic acids is 1. The highest BCUT2D eigenvalue weighted by molar-refractivity contribution is 7.92. The molecule has 0 aromatic heterocycles. The third-order valence-electron chi connectivity index (χ3n) is 3.24. The summed E-state index contributed by atoms with van der Waals surface area (Å²) in [5.41, 5.74) is -0.0439. The molecule has 1 aromatic rings. The zero-order valence-corrected chi connectivity index (χ0v) is 15.2. The molecule has 23 heavy (non-hydrogen) atoms. The smallest absolute Gasteiger partial charge is 0.261 e. The number of carbonyl (C=O) groups is 1. The lowest BCUT2D eigenvalue weighted by molar-refractivity contribution is -0.129. The Balaban J connectivity index is 2.37. The van der Waals surface area contributed by atoms with Gasteiger partial charge in [-0.1, -0.05) is 11.6 Å². The Morgan fingerprint density at radius 1 is 1.39 bits per heavy atom. The molecule has 0 radical (unpaired) electrons. The molecule has 1 N–H and O–H groups in total. The third kappa shape index (κ3) is 4.51. The second-order valence-electron chi connectivity index (χ2n) is 6.58. The molecular formula is C15H21ClN2O4S. The normalized spacial score (nSPS) is 18.7. The number of benzene rings is 1. The molecular weight excluding hydrogens is 340 g/mol. The number of nitrogens with one attached hydrogen (secondary N) is 1. The molecule has 1 aromatic carbocycles. The van der Waals surface area contributed by atoms with Crippen LogP contribution in [0.25, 0.3) is 0 Å². The van der Waals surface area contributed by atoms with E-state index in [1.165, 1.54) is 10.4 Å². The Kier molecular flexibility index (Phi) is 4.82. The predicted molar refractivity (Wildman–Crippen MR) is 90.6 cm³/mol. The molecule has 0 fully saturated rings. The van der Waals surface area contributed by atoms with Gasteiger partial charge in [0.25, 0.3) is 5.91 Å². The molecule has 1 unspecified atom stereocenters. The van der Waals surface area contributed by atoms with Crippen molar-refractivity contribution in [1.82, 2.24) is 5.32 Å². The van der Waals surface area contributed by atoms with Crippen molar-refractivity contribution < 1.29 is 17.9 Å². The summed E-state index contributed by atoms with van der Waals surface area (Å²) in [5, 5.41) is 3.26. The van der Waals surface area contributed by atoms with Gasteiger partial charge in [0.05, 0.1) is 11.9 Å². The Morgan fingerprint density at radius 2 is 2.04 bits per heavy atom. The highest BCUT2D eigenvalue weighted by atomic mass is 35.5. The van der Waals surface area contributed by atoms with Crippen LogP contribution in [-0.4, -0.2) is 38.8 Å². The molecule has 0 saturated carbocycles. The summed E-state index contributed by atoms with van der Waals surface area (Å²) >= 11 is 5.98. The molecule has 1 amide bonds.